The molecule has 0 saturated carbocycles. The van der Waals surface area contributed by atoms with Gasteiger partial charge in [-0.05, 0) is 0 Å². The predicted molar refractivity (Wildman–Crippen MR) is 225 cm³/mol. The molecule has 22 heteroatoms. The van der Waals surface area contributed by atoms with Gasteiger partial charge in [0.2, 0.25) is 0 Å². The highest BCUT2D eigenvalue weighted by molar-refractivity contribution is 6.01. The van der Waals surface area contributed by atoms with Gasteiger partial charge in [0.05, 0.1) is 224 Å². The number of rotatable bonds is 53. The molecular formula is C42H75NO21. The van der Waals surface area contributed by atoms with Gasteiger partial charge in [-0.25, -0.2) is 4.79 Å². The quantitative estimate of drug-likeness (QED) is 0.0442. The molecule has 0 atom stereocenters. The molecule has 22 nitrogen and oxygen atoms in total. The molecule has 1 saturated heterocycles. The van der Waals surface area contributed by atoms with Crippen LogP contribution in [0.4, 0.5) is 0 Å². The summed E-state index contributed by atoms with van der Waals surface area (Å²) in [6, 6.07) is 0. The first-order valence-electron chi connectivity index (χ1n) is 22.0. The summed E-state index contributed by atoms with van der Waals surface area (Å²) >= 11 is 0. The summed E-state index contributed by atoms with van der Waals surface area (Å²) in [5.74, 6) is 0.665. The fraction of sp³-hybridized carbons (Fsp3) is 0.881. The van der Waals surface area contributed by atoms with Crippen molar-refractivity contribution in [3.05, 3.63) is 0 Å². The predicted octanol–water partition coefficient (Wildman–Crippen LogP) is -0.101. The van der Waals surface area contributed by atoms with E-state index in [2.05, 4.69) is 5.92 Å². The molecule has 0 radical (unpaired) electrons. The van der Waals surface area contributed by atoms with Gasteiger partial charge in [-0.2, -0.15) is 0 Å². The fourth-order valence-corrected chi connectivity index (χ4v) is 4.61. The van der Waals surface area contributed by atoms with Gasteiger partial charge in [-0.3, -0.25) is 9.59 Å². The second kappa shape index (κ2) is 49.9. The third-order valence-corrected chi connectivity index (χ3v) is 7.79. The second-order valence-corrected chi connectivity index (χ2v) is 12.8. The number of amides is 2. The van der Waals surface area contributed by atoms with E-state index in [1.54, 1.807) is 0 Å². The molecule has 1 heterocycles. The molecule has 374 valence electrons. The number of hydrogen-bond acceptors (Lipinski definition) is 21. The molecule has 0 spiro atoms. The summed E-state index contributed by atoms with van der Waals surface area (Å²) in [5, 5.41) is 0.517. The third-order valence-electron chi connectivity index (χ3n) is 7.79. The van der Waals surface area contributed by atoms with Gasteiger partial charge >= 0.3 is 5.97 Å². The lowest BCUT2D eigenvalue weighted by molar-refractivity contribution is -0.198. The average molecular weight is 930 g/mol. The van der Waals surface area contributed by atoms with Crippen LogP contribution in [0.25, 0.3) is 0 Å². The van der Waals surface area contributed by atoms with Gasteiger partial charge in [-0.15, -0.1) is 11.5 Å². The van der Waals surface area contributed by atoms with Crippen molar-refractivity contribution in [2.24, 2.45) is 0 Å². The van der Waals surface area contributed by atoms with E-state index >= 15 is 0 Å². The van der Waals surface area contributed by atoms with Crippen molar-refractivity contribution in [3.63, 3.8) is 0 Å². The summed E-state index contributed by atoms with van der Waals surface area (Å²) in [4.78, 5) is 39.3. The third kappa shape index (κ3) is 43.4. The van der Waals surface area contributed by atoms with E-state index in [1.165, 1.54) is 0 Å². The first-order valence-corrected chi connectivity index (χ1v) is 22.0. The first-order chi connectivity index (χ1) is 31.6. The highest BCUT2D eigenvalue weighted by Crippen LogP contribution is 2.12. The van der Waals surface area contributed by atoms with Crippen LogP contribution in [-0.4, -0.2) is 247 Å². The van der Waals surface area contributed by atoms with Gasteiger partial charge in [0.15, 0.2) is 0 Å². The van der Waals surface area contributed by atoms with Crippen LogP contribution in [0.15, 0.2) is 0 Å². The van der Waals surface area contributed by atoms with Gasteiger partial charge < -0.3 is 85.4 Å². The summed E-state index contributed by atoms with van der Waals surface area (Å²) in [6.45, 7) is 15.2. The number of terminal acetylenes is 1. The van der Waals surface area contributed by atoms with Crippen LogP contribution < -0.4 is 0 Å². The molecule has 1 rings (SSSR count). The molecular weight excluding hydrogens is 854 g/mol. The Hall–Kier alpha value is -2.51. The molecule has 0 N–H and O–H groups in total. The molecule has 1 aliphatic rings. The Morgan fingerprint density at radius 2 is 0.531 bits per heavy atom. The van der Waals surface area contributed by atoms with Crippen molar-refractivity contribution in [2.75, 3.05) is 225 Å². The van der Waals surface area contributed by atoms with Gasteiger partial charge in [-0.1, -0.05) is 5.92 Å². The molecule has 0 aliphatic carbocycles. The average Bonchev–Trinajstić information content (AvgIpc) is 3.61. The van der Waals surface area contributed by atoms with Crippen LogP contribution >= 0.6 is 0 Å². The molecule has 64 heavy (non-hydrogen) atoms. The smallest absolute Gasteiger partial charge is 0.335 e. The monoisotopic (exact) mass is 929 g/mol. The molecule has 2 amide bonds. The Morgan fingerprint density at radius 1 is 0.344 bits per heavy atom. The van der Waals surface area contributed by atoms with Crippen molar-refractivity contribution >= 4 is 17.8 Å². The molecule has 0 aromatic rings. The Kier molecular flexibility index (Phi) is 46.4. The lowest BCUT2D eigenvalue weighted by Gasteiger charge is -2.12. The molecule has 0 bridgehead atoms. The largest absolute Gasteiger partial charge is 0.378 e. The van der Waals surface area contributed by atoms with Crippen LogP contribution in [0.3, 0.4) is 0 Å². The van der Waals surface area contributed by atoms with Gasteiger partial charge in [0.25, 0.3) is 11.8 Å². The maximum Gasteiger partial charge on any atom is 0.335 e. The first kappa shape index (κ1) is 59.5. The minimum atomic E-state index is -0.703. The molecule has 0 unspecified atom stereocenters. The Bertz CT molecular complexity index is 1070. The highest BCUT2D eigenvalue weighted by Gasteiger charge is 2.32. The van der Waals surface area contributed by atoms with Crippen LogP contribution in [-0.2, 0) is 99.7 Å². The minimum Gasteiger partial charge on any atom is -0.378 e. The van der Waals surface area contributed by atoms with Crippen LogP contribution in [0.5, 0.6) is 0 Å². The van der Waals surface area contributed by atoms with E-state index in [0.29, 0.717) is 216 Å². The van der Waals surface area contributed by atoms with Gasteiger partial charge in [0.1, 0.15) is 6.61 Å². The topological polar surface area (TPSA) is 221 Å². The zero-order chi connectivity index (χ0) is 45.9. The number of nitrogens with zero attached hydrogens (tertiary/aromatic N) is 1. The molecule has 1 fully saturated rings. The number of hydrogen-bond donors (Lipinski definition) is 0. The van der Waals surface area contributed by atoms with Crippen molar-refractivity contribution in [1.82, 2.24) is 5.06 Å². The van der Waals surface area contributed by atoms with Crippen LogP contribution in [0.1, 0.15) is 19.3 Å². The Labute approximate surface area is 378 Å². The van der Waals surface area contributed by atoms with Crippen LogP contribution in [0.2, 0.25) is 0 Å². The molecule has 0 aromatic heterocycles. The number of carbonyl (C=O) groups excluding carboxylic acids is 3. The number of hydroxylamine groups is 2. The molecule has 1 aliphatic heterocycles. The fourth-order valence-electron chi connectivity index (χ4n) is 4.61. The van der Waals surface area contributed by atoms with Crippen molar-refractivity contribution < 1.29 is 99.7 Å². The zero-order valence-corrected chi connectivity index (χ0v) is 37.8. The van der Waals surface area contributed by atoms with E-state index in [9.17, 15) is 14.4 Å². The highest BCUT2D eigenvalue weighted by atomic mass is 16.7. The SMILES string of the molecule is C#CCOCCOCCOCCOCCOCCOCCOCCOCCOCCOCCOCCOCCOCCOCCOCCOCCOCCC(=O)ON1C(=O)CCC1=O. The standard InChI is InChI=1S/C42H75NO21/c1-2-6-47-8-10-49-12-14-51-16-18-53-20-22-55-24-26-57-28-30-59-32-34-61-36-38-63-39-37-62-35-33-60-31-29-58-27-25-56-23-21-54-19-17-52-15-13-50-11-9-48-7-5-42(46)64-43-40(44)3-4-41(43)45/h1H,3-39H2. The normalized spacial score (nSPS) is 12.8. The van der Waals surface area contributed by atoms with Crippen molar-refractivity contribution in [3.8, 4) is 12.3 Å². The van der Waals surface area contributed by atoms with Crippen LogP contribution in [0, 0.1) is 12.3 Å². The summed E-state index contributed by atoms with van der Waals surface area (Å²) in [5.41, 5.74) is 0. The van der Waals surface area contributed by atoms with Crippen molar-refractivity contribution in [2.45, 2.75) is 19.3 Å². The van der Waals surface area contributed by atoms with E-state index in [0.717, 1.165) is 0 Å². The lowest BCUT2D eigenvalue weighted by atomic mass is 10.4. The minimum absolute atomic E-state index is 0.0547. The maximum atomic E-state index is 11.7. The Balaban J connectivity index is 1.61. The maximum absolute atomic E-state index is 11.7. The molecule has 0 aromatic carbocycles. The van der Waals surface area contributed by atoms with E-state index < -0.39 is 17.8 Å². The summed E-state index contributed by atoms with van der Waals surface area (Å²) < 4.78 is 92.3. The zero-order valence-electron chi connectivity index (χ0n) is 37.8. The summed E-state index contributed by atoms with van der Waals surface area (Å²) in [7, 11) is 0. The van der Waals surface area contributed by atoms with E-state index in [1.807, 2.05) is 0 Å². The number of ether oxygens (including phenoxy) is 17. The summed E-state index contributed by atoms with van der Waals surface area (Å²) in [6.07, 6.45) is 5.12. The number of carbonyl (C=O) groups is 3. The second-order valence-electron chi connectivity index (χ2n) is 12.8. The lowest BCUT2D eigenvalue weighted by Crippen LogP contribution is -2.32. The van der Waals surface area contributed by atoms with E-state index in [-0.39, 0.29) is 32.5 Å². The van der Waals surface area contributed by atoms with Gasteiger partial charge in [0, 0.05) is 12.8 Å². The van der Waals surface area contributed by atoms with E-state index in [4.69, 9.17) is 91.8 Å². The Morgan fingerprint density at radius 3 is 0.734 bits per heavy atom. The van der Waals surface area contributed by atoms with Crippen molar-refractivity contribution in [1.29, 1.82) is 0 Å². The number of imide groups is 1.